The fourth-order valence-electron chi connectivity index (χ4n) is 2.07. The van der Waals surface area contributed by atoms with Crippen molar-refractivity contribution in [3.05, 3.63) is 58.1 Å². The van der Waals surface area contributed by atoms with Crippen LogP contribution < -0.4 is 20.7 Å². The number of nitrogens with one attached hydrogen (secondary N) is 3. The van der Waals surface area contributed by atoms with E-state index < -0.39 is 15.9 Å². The third kappa shape index (κ3) is 8.24. The van der Waals surface area contributed by atoms with Gasteiger partial charge in [0.05, 0.1) is 5.02 Å². The molecule has 1 atom stereocenters. The lowest BCUT2D eigenvalue weighted by molar-refractivity contribution is -0.123. The van der Waals surface area contributed by atoms with Crippen LogP contribution in [0.4, 0.5) is 5.69 Å². The lowest BCUT2D eigenvalue weighted by atomic mass is 10.2. The van der Waals surface area contributed by atoms with E-state index in [1.807, 2.05) is 31.2 Å². The summed E-state index contributed by atoms with van der Waals surface area (Å²) in [5.41, 5.74) is 1.84. The summed E-state index contributed by atoms with van der Waals surface area (Å²) < 4.78 is 3.49. The molecule has 29 heavy (non-hydrogen) atoms. The fourth-order valence-corrected chi connectivity index (χ4v) is 3.10. The van der Waals surface area contributed by atoms with E-state index in [0.29, 0.717) is 10.8 Å². The SMILES string of the molecule is Cc1ccc(NC(=S)N[C@H](NC(=O)COc2ccc(Cl)cc2Cl)C(Cl)(Cl)Cl)cc1. The van der Waals surface area contributed by atoms with E-state index in [9.17, 15) is 4.79 Å². The van der Waals surface area contributed by atoms with E-state index in [1.165, 1.54) is 6.07 Å². The van der Waals surface area contributed by atoms with Gasteiger partial charge < -0.3 is 20.7 Å². The molecule has 0 bridgehead atoms. The van der Waals surface area contributed by atoms with Gasteiger partial charge in [-0.1, -0.05) is 75.7 Å². The second-order valence-electron chi connectivity index (χ2n) is 5.87. The van der Waals surface area contributed by atoms with Crippen molar-refractivity contribution in [1.29, 1.82) is 0 Å². The number of rotatable bonds is 6. The number of halogens is 5. The molecule has 0 fully saturated rings. The Bertz CT molecular complexity index is 875. The zero-order valence-electron chi connectivity index (χ0n) is 14.9. The van der Waals surface area contributed by atoms with Gasteiger partial charge in [0.15, 0.2) is 11.7 Å². The van der Waals surface area contributed by atoms with Crippen molar-refractivity contribution in [1.82, 2.24) is 10.6 Å². The molecule has 0 unspecified atom stereocenters. The number of ether oxygens (including phenoxy) is 1. The minimum absolute atomic E-state index is 0.159. The largest absolute Gasteiger partial charge is 0.482 e. The zero-order chi connectivity index (χ0) is 21.6. The summed E-state index contributed by atoms with van der Waals surface area (Å²) in [5, 5.41) is 9.10. The molecule has 0 aliphatic carbocycles. The van der Waals surface area contributed by atoms with Crippen molar-refractivity contribution in [3.63, 3.8) is 0 Å². The lowest BCUT2D eigenvalue weighted by Gasteiger charge is -2.27. The Morgan fingerprint density at radius 2 is 1.76 bits per heavy atom. The summed E-state index contributed by atoms with van der Waals surface area (Å²) in [6.07, 6.45) is -1.12. The van der Waals surface area contributed by atoms with Gasteiger partial charge in [-0.2, -0.15) is 0 Å². The predicted octanol–water partition coefficient (Wildman–Crippen LogP) is 5.48. The Morgan fingerprint density at radius 3 is 2.34 bits per heavy atom. The smallest absolute Gasteiger partial charge is 0.259 e. The first-order valence-electron chi connectivity index (χ1n) is 8.12. The van der Waals surface area contributed by atoms with Crippen LogP contribution in [0.5, 0.6) is 5.75 Å². The maximum absolute atomic E-state index is 12.2. The van der Waals surface area contributed by atoms with Crippen LogP contribution in [0.25, 0.3) is 0 Å². The number of aryl methyl sites for hydroxylation is 1. The van der Waals surface area contributed by atoms with Gasteiger partial charge in [0.2, 0.25) is 3.79 Å². The summed E-state index contributed by atoms with van der Waals surface area (Å²) >= 11 is 34.9. The highest BCUT2D eigenvalue weighted by Gasteiger charge is 2.34. The topological polar surface area (TPSA) is 62.4 Å². The highest BCUT2D eigenvalue weighted by Crippen LogP contribution is 2.30. The molecular weight excluding hydrogens is 500 g/mol. The van der Waals surface area contributed by atoms with Crippen LogP contribution >= 0.6 is 70.2 Å². The van der Waals surface area contributed by atoms with Crippen molar-refractivity contribution in [3.8, 4) is 5.75 Å². The molecule has 2 aromatic rings. The molecule has 0 saturated heterocycles. The maximum Gasteiger partial charge on any atom is 0.259 e. The summed E-state index contributed by atoms with van der Waals surface area (Å²) in [7, 11) is 0. The first-order valence-corrected chi connectivity index (χ1v) is 10.4. The molecule has 0 radical (unpaired) electrons. The van der Waals surface area contributed by atoms with Crippen molar-refractivity contribution in [2.24, 2.45) is 0 Å². The average molecular weight is 516 g/mol. The van der Waals surface area contributed by atoms with Gasteiger partial charge in [-0.15, -0.1) is 0 Å². The highest BCUT2D eigenvalue weighted by molar-refractivity contribution is 7.80. The van der Waals surface area contributed by atoms with Crippen LogP contribution in [-0.4, -0.2) is 27.6 Å². The maximum atomic E-state index is 12.2. The van der Waals surface area contributed by atoms with E-state index in [4.69, 9.17) is 75.0 Å². The molecule has 0 heterocycles. The Labute approximate surface area is 198 Å². The number of amides is 1. The number of carbonyl (C=O) groups excluding carboxylic acids is 1. The quantitative estimate of drug-likeness (QED) is 0.270. The average Bonchev–Trinajstić information content (AvgIpc) is 2.61. The second kappa shape index (κ2) is 10.8. The van der Waals surface area contributed by atoms with Crippen molar-refractivity contribution in [2.75, 3.05) is 11.9 Å². The van der Waals surface area contributed by atoms with E-state index in [2.05, 4.69) is 16.0 Å². The number of anilines is 1. The third-order valence-corrected chi connectivity index (χ3v) is 4.88. The van der Waals surface area contributed by atoms with Crippen molar-refractivity contribution < 1.29 is 9.53 Å². The van der Waals surface area contributed by atoms with Crippen LogP contribution in [0.3, 0.4) is 0 Å². The Kier molecular flexibility index (Phi) is 8.94. The summed E-state index contributed by atoms with van der Waals surface area (Å²) in [5.74, 6) is -0.265. The molecule has 156 valence electrons. The highest BCUT2D eigenvalue weighted by atomic mass is 35.6. The van der Waals surface area contributed by atoms with Crippen LogP contribution in [0.1, 0.15) is 5.56 Å². The van der Waals surface area contributed by atoms with Gasteiger partial charge in [0.1, 0.15) is 11.9 Å². The molecule has 0 aliphatic rings. The number of benzene rings is 2. The minimum atomic E-state index is -1.88. The normalized spacial score (nSPS) is 12.1. The van der Waals surface area contributed by atoms with E-state index >= 15 is 0 Å². The number of thiocarbonyl (C=S) groups is 1. The van der Waals surface area contributed by atoms with Crippen LogP contribution in [0.15, 0.2) is 42.5 Å². The third-order valence-electron chi connectivity index (χ3n) is 3.47. The standard InChI is InChI=1S/C18H16Cl5N3O2S/c1-10-2-5-12(6-3-10)24-17(29)26-16(18(21,22)23)25-15(27)9-28-14-7-4-11(19)8-13(14)20/h2-8,16H,9H2,1H3,(H,25,27)(H2,24,26,29)/t16-/m0/s1. The van der Waals surface area contributed by atoms with Gasteiger partial charge in [-0.3, -0.25) is 4.79 Å². The molecule has 0 aromatic heterocycles. The lowest BCUT2D eigenvalue weighted by Crippen LogP contribution is -2.56. The van der Waals surface area contributed by atoms with Crippen LogP contribution in [0, 0.1) is 6.92 Å². The molecule has 0 saturated carbocycles. The van der Waals surface area contributed by atoms with Gasteiger partial charge >= 0.3 is 0 Å². The Morgan fingerprint density at radius 1 is 1.10 bits per heavy atom. The number of hydrogen-bond donors (Lipinski definition) is 3. The van der Waals surface area contributed by atoms with Gasteiger partial charge in [0.25, 0.3) is 5.91 Å². The first-order chi connectivity index (χ1) is 13.5. The van der Waals surface area contributed by atoms with Crippen LogP contribution in [0.2, 0.25) is 10.0 Å². The summed E-state index contributed by atoms with van der Waals surface area (Å²) in [6, 6.07) is 12.1. The number of hydrogen-bond acceptors (Lipinski definition) is 3. The first kappa shape index (κ1) is 24.1. The molecule has 2 aromatic carbocycles. The minimum Gasteiger partial charge on any atom is -0.482 e. The summed E-state index contributed by atoms with van der Waals surface area (Å²) in [6.45, 7) is 1.60. The fraction of sp³-hybridized carbons (Fsp3) is 0.222. The van der Waals surface area contributed by atoms with Gasteiger partial charge in [0, 0.05) is 10.7 Å². The molecule has 0 aliphatic heterocycles. The summed E-state index contributed by atoms with van der Waals surface area (Å²) in [4.78, 5) is 12.2. The van der Waals surface area contributed by atoms with Crippen LogP contribution in [-0.2, 0) is 4.79 Å². The van der Waals surface area contributed by atoms with E-state index in [0.717, 1.165) is 11.3 Å². The van der Waals surface area contributed by atoms with Crippen molar-refractivity contribution >= 4 is 86.9 Å². The number of alkyl halides is 3. The zero-order valence-corrected chi connectivity index (χ0v) is 19.5. The van der Waals surface area contributed by atoms with E-state index in [1.54, 1.807) is 12.1 Å². The van der Waals surface area contributed by atoms with Crippen molar-refractivity contribution in [2.45, 2.75) is 16.9 Å². The molecular formula is C18H16Cl5N3O2S. The van der Waals surface area contributed by atoms with Gasteiger partial charge in [-0.05, 0) is 49.5 Å². The Hall–Kier alpha value is -1.15. The molecule has 5 nitrogen and oxygen atoms in total. The van der Waals surface area contributed by atoms with E-state index in [-0.39, 0.29) is 16.7 Å². The molecule has 0 spiro atoms. The molecule has 3 N–H and O–H groups in total. The molecule has 11 heteroatoms. The number of carbonyl (C=O) groups is 1. The Balaban J connectivity index is 1.94. The molecule has 1 amide bonds. The predicted molar refractivity (Wildman–Crippen MR) is 125 cm³/mol. The van der Waals surface area contributed by atoms with Gasteiger partial charge in [-0.25, -0.2) is 0 Å². The molecule has 2 rings (SSSR count). The monoisotopic (exact) mass is 513 g/mol. The second-order valence-corrected chi connectivity index (χ2v) is 9.49.